The number of carbonyl (C=O) groups excluding carboxylic acids is 1. The molecule has 0 aromatic rings. The lowest BCUT2D eigenvalue weighted by Gasteiger charge is -2.71. The number of hydrogen-bond donors (Lipinski definition) is 0. The van der Waals surface area contributed by atoms with Gasteiger partial charge in [-0.25, -0.2) is 0 Å². The second kappa shape index (κ2) is 2.13. The Bertz CT molecular complexity index is 288. The Morgan fingerprint density at radius 2 is 2.15 bits per heavy atom. The van der Waals surface area contributed by atoms with Crippen molar-refractivity contribution in [2.24, 2.45) is 22.7 Å². The monoisotopic (exact) mass is 198 g/mol. The van der Waals surface area contributed by atoms with E-state index in [0.29, 0.717) is 10.8 Å². The third kappa shape index (κ3) is 0.674. The lowest BCUT2D eigenvalue weighted by atomic mass is 9.33. The second-order valence-corrected chi connectivity index (χ2v) is 5.81. The van der Waals surface area contributed by atoms with E-state index in [1.54, 1.807) is 0 Å². The Hall–Kier alpha value is -0.0400. The van der Waals surface area contributed by atoms with Crippen molar-refractivity contribution in [3.05, 3.63) is 0 Å². The Labute approximate surface area is 83.8 Å². The van der Waals surface area contributed by atoms with Crippen LogP contribution in [0, 0.1) is 22.7 Å². The average Bonchev–Trinajstić information content (AvgIpc) is 2.42. The fraction of sp³-hybridized carbons (Fsp3) is 0.909. The number of hydrogen-bond acceptors (Lipinski definition) is 1. The van der Waals surface area contributed by atoms with Crippen LogP contribution in [0.15, 0.2) is 0 Å². The number of rotatable bonds is 1. The van der Waals surface area contributed by atoms with Gasteiger partial charge in [0.1, 0.15) is 0 Å². The van der Waals surface area contributed by atoms with Gasteiger partial charge in [-0.05, 0) is 60.5 Å². The first-order valence-corrected chi connectivity index (χ1v) is 5.67. The van der Waals surface area contributed by atoms with Crippen LogP contribution in [-0.4, -0.2) is 5.24 Å². The first-order chi connectivity index (χ1) is 6.10. The van der Waals surface area contributed by atoms with Crippen molar-refractivity contribution in [3.63, 3.8) is 0 Å². The van der Waals surface area contributed by atoms with Gasteiger partial charge < -0.3 is 0 Å². The van der Waals surface area contributed by atoms with E-state index in [0.717, 1.165) is 12.3 Å². The van der Waals surface area contributed by atoms with Crippen LogP contribution in [0.1, 0.15) is 39.0 Å². The minimum absolute atomic E-state index is 0.0619. The molecule has 72 valence electrons. The van der Waals surface area contributed by atoms with Crippen LogP contribution >= 0.6 is 11.6 Å². The van der Waals surface area contributed by atoms with Crippen molar-refractivity contribution >= 4 is 16.8 Å². The summed E-state index contributed by atoms with van der Waals surface area (Å²) in [6, 6.07) is 0. The van der Waals surface area contributed by atoms with Crippen LogP contribution in [0.3, 0.4) is 0 Å². The molecule has 3 aliphatic rings. The Balaban J connectivity index is 1.98. The van der Waals surface area contributed by atoms with Crippen molar-refractivity contribution in [1.82, 2.24) is 0 Å². The van der Waals surface area contributed by atoms with E-state index < -0.39 is 0 Å². The van der Waals surface area contributed by atoms with E-state index >= 15 is 0 Å². The fourth-order valence-corrected chi connectivity index (χ4v) is 4.91. The third-order valence-electron chi connectivity index (χ3n) is 5.34. The smallest absolute Gasteiger partial charge is 0.225 e. The highest BCUT2D eigenvalue weighted by molar-refractivity contribution is 6.64. The molecule has 0 saturated heterocycles. The molecular weight excluding hydrogens is 184 g/mol. The summed E-state index contributed by atoms with van der Waals surface area (Å²) in [6.07, 6.45) is 6.25. The molecule has 3 fully saturated rings. The normalized spacial score (nSPS) is 57.4. The van der Waals surface area contributed by atoms with Crippen LogP contribution in [0.4, 0.5) is 0 Å². The van der Waals surface area contributed by atoms with Gasteiger partial charge in [-0.2, -0.15) is 0 Å². The molecule has 4 unspecified atom stereocenters. The van der Waals surface area contributed by atoms with Gasteiger partial charge in [0.15, 0.2) is 0 Å². The summed E-state index contributed by atoms with van der Waals surface area (Å²) in [4.78, 5) is 11.3. The lowest BCUT2D eigenvalue weighted by Crippen LogP contribution is -2.65. The highest BCUT2D eigenvalue weighted by Crippen LogP contribution is 2.80. The molecule has 0 amide bonds. The molecule has 3 rings (SSSR count). The van der Waals surface area contributed by atoms with Gasteiger partial charge in [0.05, 0.1) is 0 Å². The summed E-state index contributed by atoms with van der Waals surface area (Å²) >= 11 is 5.69. The van der Waals surface area contributed by atoms with Crippen molar-refractivity contribution < 1.29 is 4.79 Å². The van der Waals surface area contributed by atoms with E-state index in [9.17, 15) is 4.79 Å². The zero-order valence-corrected chi connectivity index (χ0v) is 8.73. The average molecular weight is 199 g/mol. The number of halogens is 1. The molecule has 3 aliphatic carbocycles. The first kappa shape index (κ1) is 8.28. The Morgan fingerprint density at radius 3 is 2.54 bits per heavy atom. The minimum Gasteiger partial charge on any atom is -0.281 e. The van der Waals surface area contributed by atoms with Gasteiger partial charge in [0.25, 0.3) is 0 Å². The first-order valence-electron chi connectivity index (χ1n) is 5.29. The second-order valence-electron chi connectivity index (χ2n) is 5.44. The molecule has 13 heavy (non-hydrogen) atoms. The zero-order chi connectivity index (χ0) is 9.27. The van der Waals surface area contributed by atoms with Gasteiger partial charge in [-0.1, -0.05) is 6.92 Å². The predicted octanol–water partition coefficient (Wildman–Crippen LogP) is 2.97. The summed E-state index contributed by atoms with van der Waals surface area (Å²) in [5, 5.41) is -0.0619. The summed E-state index contributed by atoms with van der Waals surface area (Å²) in [6.45, 7) is 2.35. The number of carbonyl (C=O) groups is 1. The van der Waals surface area contributed by atoms with Gasteiger partial charge in [0.2, 0.25) is 5.24 Å². The molecule has 2 heteroatoms. The molecule has 4 atom stereocenters. The van der Waals surface area contributed by atoms with Crippen molar-refractivity contribution in [3.8, 4) is 0 Å². The summed E-state index contributed by atoms with van der Waals surface area (Å²) in [7, 11) is 0. The van der Waals surface area contributed by atoms with Crippen LogP contribution in [-0.2, 0) is 4.79 Å². The molecule has 1 nitrogen and oxygen atoms in total. The molecule has 0 aliphatic heterocycles. The highest BCUT2D eigenvalue weighted by Gasteiger charge is 2.74. The van der Waals surface area contributed by atoms with Gasteiger partial charge in [-0.15, -0.1) is 0 Å². The Kier molecular flexibility index (Phi) is 1.36. The van der Waals surface area contributed by atoms with Crippen molar-refractivity contribution in [2.45, 2.75) is 39.0 Å². The molecular formula is C11H15ClO. The van der Waals surface area contributed by atoms with Crippen LogP contribution in [0.25, 0.3) is 0 Å². The van der Waals surface area contributed by atoms with Gasteiger partial charge in [0, 0.05) is 5.92 Å². The van der Waals surface area contributed by atoms with E-state index in [1.165, 1.54) is 25.7 Å². The van der Waals surface area contributed by atoms with E-state index in [-0.39, 0.29) is 11.2 Å². The maximum Gasteiger partial charge on any atom is 0.225 e. The zero-order valence-electron chi connectivity index (χ0n) is 7.98. The maximum absolute atomic E-state index is 11.3. The fourth-order valence-electron chi connectivity index (χ4n) is 4.60. The largest absolute Gasteiger partial charge is 0.281 e. The van der Waals surface area contributed by atoms with Crippen molar-refractivity contribution in [2.75, 3.05) is 0 Å². The van der Waals surface area contributed by atoms with Crippen LogP contribution in [0.5, 0.6) is 0 Å². The molecule has 3 saturated carbocycles. The molecule has 0 heterocycles. The standard InChI is InChI=1S/C11H15ClO/c1-10-4-5-11(10)7(6-10)2-3-8(11)9(12)13/h7-8H,2-6H2,1H3. The maximum atomic E-state index is 11.3. The molecule has 0 aromatic heterocycles. The van der Waals surface area contributed by atoms with Gasteiger partial charge >= 0.3 is 0 Å². The topological polar surface area (TPSA) is 17.1 Å². The summed E-state index contributed by atoms with van der Waals surface area (Å²) < 4.78 is 0. The van der Waals surface area contributed by atoms with E-state index in [2.05, 4.69) is 6.92 Å². The van der Waals surface area contributed by atoms with Crippen LogP contribution < -0.4 is 0 Å². The molecule has 1 spiro atoms. The molecule has 0 radical (unpaired) electrons. The third-order valence-corrected chi connectivity index (χ3v) is 5.60. The molecule has 0 N–H and O–H groups in total. The summed E-state index contributed by atoms with van der Waals surface area (Å²) in [5.41, 5.74) is 0.856. The van der Waals surface area contributed by atoms with E-state index in [1.807, 2.05) is 0 Å². The summed E-state index contributed by atoms with van der Waals surface area (Å²) in [5.74, 6) is 1.03. The van der Waals surface area contributed by atoms with Gasteiger partial charge in [-0.3, -0.25) is 4.79 Å². The quantitative estimate of drug-likeness (QED) is 0.592. The molecule has 0 bridgehead atoms. The lowest BCUT2D eigenvalue weighted by molar-refractivity contribution is -0.224. The van der Waals surface area contributed by atoms with E-state index in [4.69, 9.17) is 11.6 Å². The Morgan fingerprint density at radius 1 is 1.38 bits per heavy atom. The highest BCUT2D eigenvalue weighted by atomic mass is 35.5. The van der Waals surface area contributed by atoms with Crippen LogP contribution in [0.2, 0.25) is 0 Å². The minimum atomic E-state index is -0.0619. The molecule has 0 aromatic carbocycles. The predicted molar refractivity (Wildman–Crippen MR) is 51.5 cm³/mol. The van der Waals surface area contributed by atoms with Crippen molar-refractivity contribution in [1.29, 1.82) is 0 Å². The SMILES string of the molecule is CC12CCC13C(CCC3C(=O)Cl)C2.